The van der Waals surface area contributed by atoms with E-state index in [1.807, 2.05) is 6.92 Å². The molecule has 2 N–H and O–H groups in total. The highest BCUT2D eigenvalue weighted by Crippen LogP contribution is 2.26. The Labute approximate surface area is 129 Å². The summed E-state index contributed by atoms with van der Waals surface area (Å²) < 4.78 is 31.9. The number of rotatable bonds is 8. The molecule has 0 saturated carbocycles. The molecule has 1 aromatic carbocycles. The summed E-state index contributed by atoms with van der Waals surface area (Å²) in [7, 11) is 0. The number of anilines is 1. The maximum Gasteiger partial charge on any atom is 0.150 e. The van der Waals surface area contributed by atoms with Crippen LogP contribution in [0.4, 0.5) is 14.5 Å². The van der Waals surface area contributed by atoms with E-state index in [0.717, 1.165) is 18.6 Å². The van der Waals surface area contributed by atoms with Crippen molar-refractivity contribution in [3.8, 4) is 0 Å². The number of nitrogens with one attached hydrogen (secondary N) is 1. The van der Waals surface area contributed by atoms with E-state index in [1.165, 1.54) is 0 Å². The minimum Gasteiger partial charge on any atom is -0.389 e. The van der Waals surface area contributed by atoms with E-state index >= 15 is 0 Å². The first kappa shape index (κ1) is 18.1. The molecule has 0 fully saturated rings. The molecule has 0 radical (unpaired) electrons. The quantitative estimate of drug-likeness (QED) is 0.764. The lowest BCUT2D eigenvalue weighted by Crippen LogP contribution is -2.27. The first-order valence-electron chi connectivity index (χ1n) is 6.97. The fraction of sp³-hybridized carbons (Fsp3) is 0.600. The fourth-order valence-electron chi connectivity index (χ4n) is 2.00. The van der Waals surface area contributed by atoms with Crippen LogP contribution >= 0.6 is 11.6 Å². The van der Waals surface area contributed by atoms with Crippen LogP contribution < -0.4 is 5.32 Å². The molecule has 0 heterocycles. The van der Waals surface area contributed by atoms with Crippen LogP contribution in [0.15, 0.2) is 12.1 Å². The van der Waals surface area contributed by atoms with Crippen molar-refractivity contribution < 1.29 is 18.6 Å². The van der Waals surface area contributed by atoms with E-state index in [0.29, 0.717) is 5.92 Å². The van der Waals surface area contributed by atoms with Crippen LogP contribution in [0.25, 0.3) is 0 Å². The molecule has 0 aliphatic rings. The standard InChI is InChI=1S/C15H22ClF2NO2/c1-9(2)4-10(3)21-8-12(20)7-19-15-13(16)5-11(17)6-14(15)18/h5-6,9-10,12,19-20H,4,7-8H2,1-3H3. The van der Waals surface area contributed by atoms with Gasteiger partial charge in [-0.05, 0) is 25.3 Å². The normalized spacial score (nSPS) is 14.3. The smallest absolute Gasteiger partial charge is 0.150 e. The molecule has 6 heteroatoms. The van der Waals surface area contributed by atoms with Crippen molar-refractivity contribution in [1.29, 1.82) is 0 Å². The number of aliphatic hydroxyl groups is 1. The Hall–Kier alpha value is -0.910. The van der Waals surface area contributed by atoms with Crippen LogP contribution in [-0.4, -0.2) is 30.5 Å². The maximum absolute atomic E-state index is 13.5. The first-order valence-corrected chi connectivity index (χ1v) is 7.35. The molecular weight excluding hydrogens is 300 g/mol. The van der Waals surface area contributed by atoms with Crippen LogP contribution in [0.2, 0.25) is 5.02 Å². The molecule has 0 aromatic heterocycles. The van der Waals surface area contributed by atoms with Crippen LogP contribution in [-0.2, 0) is 4.74 Å². The Morgan fingerprint density at radius 3 is 2.52 bits per heavy atom. The van der Waals surface area contributed by atoms with E-state index in [-0.39, 0.29) is 30.0 Å². The second-order valence-electron chi connectivity index (χ2n) is 5.55. The lowest BCUT2D eigenvalue weighted by Gasteiger charge is -2.19. The third-order valence-electron chi connectivity index (χ3n) is 2.90. The Bertz CT molecular complexity index is 434. The Morgan fingerprint density at radius 2 is 1.95 bits per heavy atom. The van der Waals surface area contributed by atoms with Gasteiger partial charge in [0.25, 0.3) is 0 Å². The summed E-state index contributed by atoms with van der Waals surface area (Å²) in [6.45, 7) is 6.34. The predicted octanol–water partition coefficient (Wildman–Crippen LogP) is 3.84. The summed E-state index contributed by atoms with van der Waals surface area (Å²) in [5, 5.41) is 12.4. The van der Waals surface area contributed by atoms with Gasteiger partial charge in [-0.25, -0.2) is 8.78 Å². The highest BCUT2D eigenvalue weighted by atomic mass is 35.5. The molecule has 0 bridgehead atoms. The van der Waals surface area contributed by atoms with Gasteiger partial charge in [0.15, 0.2) is 5.82 Å². The molecule has 0 aliphatic heterocycles. The van der Waals surface area contributed by atoms with Crippen LogP contribution in [0, 0.1) is 17.6 Å². The highest BCUT2D eigenvalue weighted by Gasteiger charge is 2.13. The maximum atomic E-state index is 13.5. The molecule has 3 nitrogen and oxygen atoms in total. The predicted molar refractivity (Wildman–Crippen MR) is 80.7 cm³/mol. The number of halogens is 3. The third-order valence-corrected chi connectivity index (χ3v) is 3.20. The number of hydrogen-bond acceptors (Lipinski definition) is 3. The lowest BCUT2D eigenvalue weighted by atomic mass is 10.1. The molecule has 0 spiro atoms. The zero-order chi connectivity index (χ0) is 16.0. The molecule has 120 valence electrons. The summed E-state index contributed by atoms with van der Waals surface area (Å²) in [5.41, 5.74) is -0.0210. The average molecular weight is 322 g/mol. The molecular formula is C15H22ClF2NO2. The molecule has 2 unspecified atom stereocenters. The van der Waals surface area contributed by atoms with Gasteiger partial charge in [-0.2, -0.15) is 0 Å². The number of hydrogen-bond donors (Lipinski definition) is 2. The van der Waals surface area contributed by atoms with Gasteiger partial charge < -0.3 is 15.2 Å². The van der Waals surface area contributed by atoms with Gasteiger partial charge in [0, 0.05) is 12.6 Å². The van der Waals surface area contributed by atoms with Crippen molar-refractivity contribution >= 4 is 17.3 Å². The van der Waals surface area contributed by atoms with Crippen molar-refractivity contribution in [2.24, 2.45) is 5.92 Å². The second-order valence-corrected chi connectivity index (χ2v) is 5.96. The van der Waals surface area contributed by atoms with E-state index in [4.69, 9.17) is 16.3 Å². The topological polar surface area (TPSA) is 41.5 Å². The summed E-state index contributed by atoms with van der Waals surface area (Å²) >= 11 is 5.75. The zero-order valence-corrected chi connectivity index (χ0v) is 13.3. The summed E-state index contributed by atoms with van der Waals surface area (Å²) in [5.74, 6) is -1.02. The van der Waals surface area contributed by atoms with Crippen LogP contribution in [0.1, 0.15) is 27.2 Å². The van der Waals surface area contributed by atoms with E-state index in [1.54, 1.807) is 0 Å². The van der Waals surface area contributed by atoms with Gasteiger partial charge >= 0.3 is 0 Å². The Kier molecular flexibility index (Phi) is 7.35. The third kappa shape index (κ3) is 6.59. The molecule has 0 saturated heterocycles. The van der Waals surface area contributed by atoms with Gasteiger partial charge in [-0.1, -0.05) is 25.4 Å². The van der Waals surface area contributed by atoms with Crippen LogP contribution in [0.3, 0.4) is 0 Å². The zero-order valence-electron chi connectivity index (χ0n) is 12.5. The minimum absolute atomic E-state index is 0.0210. The summed E-state index contributed by atoms with van der Waals surface area (Å²) in [4.78, 5) is 0. The molecule has 0 aliphatic carbocycles. The van der Waals surface area contributed by atoms with Gasteiger partial charge in [0.2, 0.25) is 0 Å². The lowest BCUT2D eigenvalue weighted by molar-refractivity contribution is -0.00445. The average Bonchev–Trinajstić information content (AvgIpc) is 2.34. The number of ether oxygens (including phenoxy) is 1. The second kappa shape index (κ2) is 8.51. The molecule has 1 aromatic rings. The van der Waals surface area contributed by atoms with Gasteiger partial charge in [0.1, 0.15) is 5.82 Å². The van der Waals surface area contributed by atoms with E-state index in [2.05, 4.69) is 19.2 Å². The fourth-order valence-corrected chi connectivity index (χ4v) is 2.26. The van der Waals surface area contributed by atoms with Gasteiger partial charge in [0.05, 0.1) is 29.5 Å². The van der Waals surface area contributed by atoms with E-state index in [9.17, 15) is 13.9 Å². The first-order chi connectivity index (χ1) is 9.79. The van der Waals surface area contributed by atoms with Crippen molar-refractivity contribution in [2.75, 3.05) is 18.5 Å². The Balaban J connectivity index is 2.41. The van der Waals surface area contributed by atoms with Crippen LogP contribution in [0.5, 0.6) is 0 Å². The van der Waals surface area contributed by atoms with Crippen molar-refractivity contribution in [2.45, 2.75) is 39.4 Å². The Morgan fingerprint density at radius 1 is 1.29 bits per heavy atom. The van der Waals surface area contributed by atoms with Gasteiger partial charge in [-0.15, -0.1) is 0 Å². The largest absolute Gasteiger partial charge is 0.389 e. The summed E-state index contributed by atoms with van der Waals surface area (Å²) in [6, 6.07) is 1.75. The van der Waals surface area contributed by atoms with E-state index < -0.39 is 17.7 Å². The monoisotopic (exact) mass is 321 g/mol. The number of benzene rings is 1. The number of aliphatic hydroxyl groups excluding tert-OH is 1. The van der Waals surface area contributed by atoms with Gasteiger partial charge in [-0.3, -0.25) is 0 Å². The molecule has 1 rings (SSSR count). The van der Waals surface area contributed by atoms with Crippen molar-refractivity contribution in [1.82, 2.24) is 0 Å². The van der Waals surface area contributed by atoms with Crippen molar-refractivity contribution in [3.05, 3.63) is 28.8 Å². The minimum atomic E-state index is -0.805. The highest BCUT2D eigenvalue weighted by molar-refractivity contribution is 6.33. The SMILES string of the molecule is CC(C)CC(C)OCC(O)CNc1c(F)cc(F)cc1Cl. The molecule has 2 atom stereocenters. The molecule has 21 heavy (non-hydrogen) atoms. The summed E-state index contributed by atoms with van der Waals surface area (Å²) in [6.07, 6.45) is 0.143. The molecule has 0 amide bonds. The van der Waals surface area contributed by atoms with Crippen molar-refractivity contribution in [3.63, 3.8) is 0 Å².